The molecule has 0 radical (unpaired) electrons. The van der Waals surface area contributed by atoms with Crippen molar-refractivity contribution in [3.8, 4) is 0 Å². The lowest BCUT2D eigenvalue weighted by Crippen LogP contribution is -2.42. The summed E-state index contributed by atoms with van der Waals surface area (Å²) in [7, 11) is 0. The van der Waals surface area contributed by atoms with Crippen LogP contribution in [0.4, 0.5) is 0 Å². The highest BCUT2D eigenvalue weighted by atomic mass is 16.2. The number of carbonyl (C=O) groups excluding carboxylic acids is 1. The van der Waals surface area contributed by atoms with E-state index in [1.165, 1.54) is 12.8 Å². The molecule has 1 aliphatic rings. The van der Waals surface area contributed by atoms with Gasteiger partial charge >= 0.3 is 0 Å². The Bertz CT molecular complexity index is 249. The van der Waals surface area contributed by atoms with Crippen LogP contribution in [0.1, 0.15) is 40.0 Å². The van der Waals surface area contributed by atoms with Crippen molar-refractivity contribution in [3.63, 3.8) is 0 Å². The summed E-state index contributed by atoms with van der Waals surface area (Å²) in [5.41, 5.74) is 6.06. The Hall–Kier alpha value is -0.610. The Morgan fingerprint density at radius 3 is 2.53 bits per heavy atom. The van der Waals surface area contributed by atoms with Crippen LogP contribution in [0.2, 0.25) is 0 Å². The van der Waals surface area contributed by atoms with E-state index in [2.05, 4.69) is 17.1 Å². The monoisotopic (exact) mass is 241 g/mol. The predicted octanol–water partition coefficient (Wildman–Crippen LogP) is 0.962. The molecule has 1 rings (SSSR count). The maximum atomic E-state index is 11.7. The Morgan fingerprint density at radius 2 is 2.12 bits per heavy atom. The fraction of sp³-hybridized carbons (Fsp3) is 0.923. The van der Waals surface area contributed by atoms with Crippen molar-refractivity contribution in [2.75, 3.05) is 26.2 Å². The van der Waals surface area contributed by atoms with Crippen LogP contribution in [0.25, 0.3) is 0 Å². The van der Waals surface area contributed by atoms with Gasteiger partial charge in [-0.1, -0.05) is 6.92 Å². The molecule has 0 spiro atoms. The van der Waals surface area contributed by atoms with E-state index in [1.807, 2.05) is 13.8 Å². The third kappa shape index (κ3) is 5.04. The molecule has 1 fully saturated rings. The van der Waals surface area contributed by atoms with Gasteiger partial charge in [-0.2, -0.15) is 0 Å². The number of rotatable bonds is 8. The summed E-state index contributed by atoms with van der Waals surface area (Å²) in [6.07, 6.45) is 3.63. The zero-order valence-corrected chi connectivity index (χ0v) is 11.5. The molecule has 0 bridgehead atoms. The van der Waals surface area contributed by atoms with E-state index in [1.54, 1.807) is 0 Å². The first kappa shape index (κ1) is 14.5. The van der Waals surface area contributed by atoms with Crippen molar-refractivity contribution in [2.45, 2.75) is 46.1 Å². The van der Waals surface area contributed by atoms with Crippen molar-refractivity contribution in [1.82, 2.24) is 10.2 Å². The second kappa shape index (κ2) is 6.36. The number of hydrogen-bond donors (Lipinski definition) is 2. The molecule has 0 aliphatic heterocycles. The summed E-state index contributed by atoms with van der Waals surface area (Å²) in [5, 5.41) is 2.94. The number of nitrogens with one attached hydrogen (secondary N) is 1. The molecule has 1 aliphatic carbocycles. The van der Waals surface area contributed by atoms with Gasteiger partial charge in [0.2, 0.25) is 5.91 Å². The van der Waals surface area contributed by atoms with E-state index in [4.69, 9.17) is 5.73 Å². The van der Waals surface area contributed by atoms with Gasteiger partial charge in [-0.25, -0.2) is 0 Å². The maximum Gasteiger partial charge on any atom is 0.234 e. The van der Waals surface area contributed by atoms with Crippen LogP contribution in [0, 0.1) is 5.41 Å². The van der Waals surface area contributed by atoms with Gasteiger partial charge in [0.05, 0.1) is 6.54 Å². The number of likely N-dealkylation sites (N-methyl/N-ethyl adjacent to an activating group) is 1. The van der Waals surface area contributed by atoms with Crippen LogP contribution in [-0.2, 0) is 4.79 Å². The molecule has 0 atom stereocenters. The number of nitrogens with two attached hydrogens (primary N) is 1. The first-order valence-electron chi connectivity index (χ1n) is 6.73. The fourth-order valence-corrected chi connectivity index (χ4v) is 2.29. The molecule has 3 N–H and O–H groups in total. The highest BCUT2D eigenvalue weighted by Crippen LogP contribution is 2.48. The van der Waals surface area contributed by atoms with Gasteiger partial charge < -0.3 is 11.1 Å². The lowest BCUT2D eigenvalue weighted by molar-refractivity contribution is -0.122. The third-order valence-electron chi connectivity index (χ3n) is 3.45. The molecular weight excluding hydrogens is 214 g/mol. The molecule has 1 saturated carbocycles. The highest BCUT2D eigenvalue weighted by molar-refractivity contribution is 5.78. The van der Waals surface area contributed by atoms with E-state index < -0.39 is 0 Å². The van der Waals surface area contributed by atoms with Crippen molar-refractivity contribution < 1.29 is 4.79 Å². The third-order valence-corrected chi connectivity index (χ3v) is 3.45. The van der Waals surface area contributed by atoms with Gasteiger partial charge in [0, 0.05) is 12.6 Å². The Morgan fingerprint density at radius 1 is 1.47 bits per heavy atom. The maximum absolute atomic E-state index is 11.7. The van der Waals surface area contributed by atoms with E-state index in [-0.39, 0.29) is 11.9 Å². The summed E-state index contributed by atoms with van der Waals surface area (Å²) >= 11 is 0. The van der Waals surface area contributed by atoms with Crippen molar-refractivity contribution >= 4 is 5.91 Å². The van der Waals surface area contributed by atoms with Crippen molar-refractivity contribution in [3.05, 3.63) is 0 Å². The summed E-state index contributed by atoms with van der Waals surface area (Å²) < 4.78 is 0. The molecule has 0 saturated heterocycles. The first-order valence-corrected chi connectivity index (χ1v) is 6.73. The summed E-state index contributed by atoms with van der Waals surface area (Å²) in [6.45, 7) is 9.32. The van der Waals surface area contributed by atoms with Crippen LogP contribution in [0.15, 0.2) is 0 Å². The SMILES string of the molecule is CCN(CC(=O)NC(C)C)CC1(CCN)CC1. The van der Waals surface area contributed by atoms with E-state index >= 15 is 0 Å². The zero-order chi connectivity index (χ0) is 12.9. The van der Waals surface area contributed by atoms with Crippen LogP contribution in [0.3, 0.4) is 0 Å². The minimum Gasteiger partial charge on any atom is -0.353 e. The average Bonchev–Trinajstić information content (AvgIpc) is 2.96. The average molecular weight is 241 g/mol. The minimum atomic E-state index is 0.130. The summed E-state index contributed by atoms with van der Waals surface area (Å²) in [5.74, 6) is 0.130. The van der Waals surface area contributed by atoms with Crippen LogP contribution in [-0.4, -0.2) is 43.0 Å². The smallest absolute Gasteiger partial charge is 0.234 e. The number of amides is 1. The number of hydrogen-bond acceptors (Lipinski definition) is 3. The molecule has 0 aromatic rings. The molecule has 4 nitrogen and oxygen atoms in total. The Balaban J connectivity index is 2.36. The second-order valence-electron chi connectivity index (χ2n) is 5.56. The van der Waals surface area contributed by atoms with Crippen molar-refractivity contribution in [1.29, 1.82) is 0 Å². The van der Waals surface area contributed by atoms with Gasteiger partial charge in [-0.05, 0) is 51.6 Å². The largest absolute Gasteiger partial charge is 0.353 e. The van der Waals surface area contributed by atoms with Crippen molar-refractivity contribution in [2.24, 2.45) is 11.1 Å². The topological polar surface area (TPSA) is 58.4 Å². The number of nitrogens with zero attached hydrogens (tertiary/aromatic N) is 1. The standard InChI is InChI=1S/C13H27N3O/c1-4-16(9-12(17)15-11(2)3)10-13(5-6-13)7-8-14/h11H,4-10,14H2,1-3H3,(H,15,17). The lowest BCUT2D eigenvalue weighted by atomic mass is 10.0. The Labute approximate surface area is 105 Å². The van der Waals surface area contributed by atoms with Crippen LogP contribution >= 0.6 is 0 Å². The van der Waals surface area contributed by atoms with Gasteiger partial charge in [0.25, 0.3) is 0 Å². The van der Waals surface area contributed by atoms with Gasteiger partial charge in [0.1, 0.15) is 0 Å². The summed E-state index contributed by atoms with van der Waals surface area (Å²) in [6, 6.07) is 0.222. The molecule has 0 heterocycles. The number of carbonyl (C=O) groups is 1. The highest BCUT2D eigenvalue weighted by Gasteiger charge is 2.42. The molecule has 17 heavy (non-hydrogen) atoms. The first-order chi connectivity index (χ1) is 8.01. The van der Waals surface area contributed by atoms with Gasteiger partial charge in [-0.3, -0.25) is 9.69 Å². The molecule has 1 amide bonds. The molecule has 4 heteroatoms. The normalized spacial score (nSPS) is 17.5. The fourth-order valence-electron chi connectivity index (χ4n) is 2.29. The molecular formula is C13H27N3O. The van der Waals surface area contributed by atoms with Crippen LogP contribution in [0.5, 0.6) is 0 Å². The molecule has 0 aromatic carbocycles. The predicted molar refractivity (Wildman–Crippen MR) is 70.7 cm³/mol. The van der Waals surface area contributed by atoms with E-state index in [0.29, 0.717) is 12.0 Å². The zero-order valence-electron chi connectivity index (χ0n) is 11.5. The van der Waals surface area contributed by atoms with Crippen LogP contribution < -0.4 is 11.1 Å². The quantitative estimate of drug-likeness (QED) is 0.665. The van der Waals surface area contributed by atoms with Gasteiger partial charge in [-0.15, -0.1) is 0 Å². The molecule has 0 unspecified atom stereocenters. The molecule has 0 aromatic heterocycles. The summed E-state index contributed by atoms with van der Waals surface area (Å²) in [4.78, 5) is 13.9. The van der Waals surface area contributed by atoms with E-state index in [0.717, 1.165) is 26.1 Å². The molecule has 100 valence electrons. The Kier molecular flexibility index (Phi) is 5.40. The lowest BCUT2D eigenvalue weighted by Gasteiger charge is -2.26. The van der Waals surface area contributed by atoms with E-state index in [9.17, 15) is 4.79 Å². The minimum absolute atomic E-state index is 0.130. The van der Waals surface area contributed by atoms with Gasteiger partial charge in [0.15, 0.2) is 0 Å². The second-order valence-corrected chi connectivity index (χ2v) is 5.56.